The molecule has 0 saturated heterocycles. The van der Waals surface area contributed by atoms with E-state index < -0.39 is 0 Å². The first kappa shape index (κ1) is 15.4. The summed E-state index contributed by atoms with van der Waals surface area (Å²) in [5.41, 5.74) is 0.639. The van der Waals surface area contributed by atoms with Gasteiger partial charge in [-0.2, -0.15) is 0 Å². The van der Waals surface area contributed by atoms with Gasteiger partial charge in [-0.15, -0.1) is 0 Å². The van der Waals surface area contributed by atoms with Crippen LogP contribution in [0, 0.1) is 6.42 Å². The van der Waals surface area contributed by atoms with Crippen LogP contribution in [0.2, 0.25) is 0 Å². The Morgan fingerprint density at radius 3 is 1.36 bits per heavy atom. The van der Waals surface area contributed by atoms with Crippen LogP contribution in [0.3, 0.4) is 0 Å². The van der Waals surface area contributed by atoms with Gasteiger partial charge in [-0.05, 0) is 13.8 Å². The van der Waals surface area contributed by atoms with Crippen molar-refractivity contribution in [1.82, 2.24) is 0 Å². The first-order valence-corrected chi connectivity index (χ1v) is 3.82. The second kappa shape index (κ2) is 9.97. The minimum Gasteiger partial charge on any atom is -0.233 e. The Bertz CT molecular complexity index is 282. The van der Waals surface area contributed by atoms with Crippen LogP contribution >= 0.6 is 0 Å². The SMILES string of the molecule is CC(=C=O)C(C)=C=O.[CH]1C=CC=C1.[Co]. The summed E-state index contributed by atoms with van der Waals surface area (Å²) < 4.78 is 0. The van der Waals surface area contributed by atoms with Gasteiger partial charge in [-0.3, -0.25) is 0 Å². The van der Waals surface area contributed by atoms with E-state index in [-0.39, 0.29) is 16.8 Å². The van der Waals surface area contributed by atoms with Crippen LogP contribution in [0.25, 0.3) is 0 Å². The third kappa shape index (κ3) is 7.53. The monoisotopic (exact) mass is 234 g/mol. The van der Waals surface area contributed by atoms with Crippen molar-refractivity contribution in [2.75, 3.05) is 0 Å². The van der Waals surface area contributed by atoms with E-state index in [0.717, 1.165) is 0 Å². The van der Waals surface area contributed by atoms with Crippen LogP contribution < -0.4 is 0 Å². The average Bonchev–Trinajstić information content (AvgIpc) is 2.73. The Kier molecular flexibility index (Phi) is 10.9. The van der Waals surface area contributed by atoms with E-state index in [9.17, 15) is 9.59 Å². The van der Waals surface area contributed by atoms with Gasteiger partial charge in [0.05, 0.1) is 0 Å². The molecule has 0 aromatic heterocycles. The molecule has 0 heterocycles. The van der Waals surface area contributed by atoms with Gasteiger partial charge in [0.25, 0.3) is 0 Å². The van der Waals surface area contributed by atoms with E-state index in [1.165, 1.54) is 13.8 Å². The smallest absolute Gasteiger partial charge is 0.128 e. The van der Waals surface area contributed by atoms with Crippen molar-refractivity contribution in [3.8, 4) is 0 Å². The molecule has 0 N–H and O–H groups in total. The fourth-order valence-corrected chi connectivity index (χ4v) is 0.474. The molecule has 3 heteroatoms. The summed E-state index contributed by atoms with van der Waals surface area (Å²) in [7, 11) is 0. The van der Waals surface area contributed by atoms with Gasteiger partial charge < -0.3 is 0 Å². The molecule has 2 radical (unpaired) electrons. The minimum absolute atomic E-state index is 0. The van der Waals surface area contributed by atoms with Crippen LogP contribution in [0.5, 0.6) is 0 Å². The summed E-state index contributed by atoms with van der Waals surface area (Å²) in [5, 5.41) is 0. The van der Waals surface area contributed by atoms with E-state index in [1.807, 2.05) is 30.7 Å². The third-order valence-corrected chi connectivity index (χ3v) is 1.42. The van der Waals surface area contributed by atoms with Crippen LogP contribution in [0.15, 0.2) is 35.5 Å². The van der Waals surface area contributed by atoms with Crippen LogP contribution in [0.4, 0.5) is 0 Å². The van der Waals surface area contributed by atoms with E-state index in [1.54, 1.807) is 11.9 Å². The maximum atomic E-state index is 9.74. The molecule has 1 aliphatic carbocycles. The van der Waals surface area contributed by atoms with Gasteiger partial charge in [-0.1, -0.05) is 24.3 Å². The van der Waals surface area contributed by atoms with E-state index in [4.69, 9.17) is 0 Å². The summed E-state index contributed by atoms with van der Waals surface area (Å²) in [6.45, 7) is 3.04. The molecular formula is C11H11CoO2. The Morgan fingerprint density at radius 1 is 0.857 bits per heavy atom. The number of hydrogen-bond donors (Lipinski definition) is 0. The van der Waals surface area contributed by atoms with Gasteiger partial charge in [0, 0.05) is 34.3 Å². The van der Waals surface area contributed by atoms with Gasteiger partial charge in [-0.25, -0.2) is 9.59 Å². The molecule has 14 heavy (non-hydrogen) atoms. The van der Waals surface area contributed by atoms with Gasteiger partial charge in [0.15, 0.2) is 0 Å². The predicted molar refractivity (Wildman–Crippen MR) is 52.3 cm³/mol. The molecule has 0 unspecified atom stereocenters. The van der Waals surface area contributed by atoms with Crippen molar-refractivity contribution in [2.45, 2.75) is 13.8 Å². The first-order valence-electron chi connectivity index (χ1n) is 3.82. The van der Waals surface area contributed by atoms with Gasteiger partial charge >= 0.3 is 0 Å². The van der Waals surface area contributed by atoms with Crippen LogP contribution in [-0.4, -0.2) is 11.9 Å². The van der Waals surface area contributed by atoms with Crippen molar-refractivity contribution < 1.29 is 26.4 Å². The second-order valence-electron chi connectivity index (χ2n) is 2.42. The summed E-state index contributed by atoms with van der Waals surface area (Å²) in [6, 6.07) is 0. The molecule has 76 valence electrons. The first-order chi connectivity index (χ1) is 6.22. The molecule has 2 nitrogen and oxygen atoms in total. The molecule has 1 aliphatic rings. The Labute approximate surface area is 94.3 Å². The molecule has 1 rings (SSSR count). The molecule has 0 fully saturated rings. The molecule has 0 spiro atoms. The zero-order valence-corrected chi connectivity index (χ0v) is 9.08. The minimum atomic E-state index is 0. The van der Waals surface area contributed by atoms with Gasteiger partial charge in [0.2, 0.25) is 0 Å². The summed E-state index contributed by atoms with van der Waals surface area (Å²) in [5.74, 6) is 3.17. The van der Waals surface area contributed by atoms with Crippen molar-refractivity contribution in [1.29, 1.82) is 0 Å². The normalized spacial score (nSPS) is 10.1. The molecule has 0 amide bonds. The fourth-order valence-electron chi connectivity index (χ4n) is 0.474. The van der Waals surface area contributed by atoms with Crippen molar-refractivity contribution in [2.24, 2.45) is 0 Å². The zero-order chi connectivity index (χ0) is 10.1. The largest absolute Gasteiger partial charge is 0.233 e. The number of rotatable bonds is 1. The Balaban J connectivity index is 0. The van der Waals surface area contributed by atoms with Gasteiger partial charge in [0.1, 0.15) is 11.9 Å². The number of carbonyl (C=O) groups excluding carboxylic acids is 2. The quantitative estimate of drug-likeness (QED) is 0.512. The van der Waals surface area contributed by atoms with Crippen molar-refractivity contribution in [3.05, 3.63) is 41.9 Å². The summed E-state index contributed by atoms with van der Waals surface area (Å²) in [4.78, 5) is 19.5. The Morgan fingerprint density at radius 2 is 1.21 bits per heavy atom. The third-order valence-electron chi connectivity index (χ3n) is 1.42. The van der Waals surface area contributed by atoms with Crippen molar-refractivity contribution >= 4 is 11.9 Å². The molecule has 0 atom stereocenters. The maximum absolute atomic E-state index is 9.74. The average molecular weight is 234 g/mol. The van der Waals surface area contributed by atoms with E-state index >= 15 is 0 Å². The summed E-state index contributed by atoms with van der Waals surface area (Å²) >= 11 is 0. The van der Waals surface area contributed by atoms with E-state index in [0.29, 0.717) is 11.1 Å². The molecular weight excluding hydrogens is 223 g/mol. The fraction of sp³-hybridized carbons (Fsp3) is 0.182. The number of hydrogen-bond acceptors (Lipinski definition) is 2. The summed E-state index contributed by atoms with van der Waals surface area (Å²) in [6.07, 6.45) is 10.0. The maximum Gasteiger partial charge on any atom is 0.128 e. The van der Waals surface area contributed by atoms with Crippen molar-refractivity contribution in [3.63, 3.8) is 0 Å². The van der Waals surface area contributed by atoms with Crippen LogP contribution in [0.1, 0.15) is 13.8 Å². The molecule has 0 aliphatic heterocycles. The predicted octanol–water partition coefficient (Wildman–Crippen LogP) is 1.86. The molecule has 0 saturated carbocycles. The van der Waals surface area contributed by atoms with E-state index in [2.05, 4.69) is 0 Å². The Hall–Kier alpha value is -1.11. The molecule has 0 aromatic rings. The zero-order valence-electron chi connectivity index (χ0n) is 8.04. The van der Waals surface area contributed by atoms with Crippen LogP contribution in [-0.2, 0) is 26.4 Å². The molecule has 0 aromatic carbocycles. The topological polar surface area (TPSA) is 34.1 Å². The molecule has 0 bridgehead atoms. The number of allylic oxidation sites excluding steroid dienone is 6. The standard InChI is InChI=1S/C6H6O2.C5H5.Co/c1-5(3-7)6(2)4-8;1-2-4-5-3-1;/h1-2H3;1-5H;. The second-order valence-corrected chi connectivity index (χ2v) is 2.42.